The van der Waals surface area contributed by atoms with Crippen molar-refractivity contribution in [3.8, 4) is 0 Å². The van der Waals surface area contributed by atoms with E-state index in [1.54, 1.807) is 24.3 Å². The summed E-state index contributed by atoms with van der Waals surface area (Å²) in [6.45, 7) is -0.0612. The van der Waals surface area contributed by atoms with Crippen LogP contribution in [0.15, 0.2) is 30.3 Å². The molecule has 2 aliphatic heterocycles. The zero-order chi connectivity index (χ0) is 18.7. The van der Waals surface area contributed by atoms with Crippen LogP contribution < -0.4 is 0 Å². The van der Waals surface area contributed by atoms with Gasteiger partial charge in [0.2, 0.25) is 5.91 Å². The summed E-state index contributed by atoms with van der Waals surface area (Å²) >= 11 is 0. The van der Waals surface area contributed by atoms with Crippen LogP contribution in [-0.4, -0.2) is 45.8 Å². The summed E-state index contributed by atoms with van der Waals surface area (Å²) < 4.78 is 5.09. The lowest BCUT2D eigenvalue weighted by Crippen LogP contribution is -2.46. The van der Waals surface area contributed by atoms with Gasteiger partial charge in [-0.25, -0.2) is 14.5 Å². The van der Waals surface area contributed by atoms with Crippen LogP contribution in [0.25, 0.3) is 0 Å². The molecule has 0 radical (unpaired) electrons. The highest BCUT2D eigenvalue weighted by atomic mass is 16.7. The Kier molecular flexibility index (Phi) is 4.97. The number of ether oxygens (including phenoxy) is 1. The van der Waals surface area contributed by atoms with E-state index in [-0.39, 0.29) is 32.3 Å². The van der Waals surface area contributed by atoms with Crippen molar-refractivity contribution in [2.24, 2.45) is 0 Å². The molecule has 2 saturated heterocycles. The number of imide groups is 2. The van der Waals surface area contributed by atoms with Gasteiger partial charge in [0.05, 0.1) is 0 Å². The normalized spacial score (nSPS) is 19.8. The minimum Gasteiger partial charge on any atom is -0.444 e. The second-order valence-corrected chi connectivity index (χ2v) is 5.85. The zero-order valence-corrected chi connectivity index (χ0v) is 13.8. The number of hydroxylamine groups is 2. The third-order valence-corrected chi connectivity index (χ3v) is 4.07. The molecule has 4 amide bonds. The first-order valence-electron chi connectivity index (χ1n) is 8.07. The average molecular weight is 360 g/mol. The number of likely N-dealkylation sites (tertiary alicyclic amines) is 1. The number of carbonyl (C=O) groups excluding carboxylic acids is 5. The summed E-state index contributed by atoms with van der Waals surface area (Å²) in [6.07, 6.45) is -1.06. The summed E-state index contributed by atoms with van der Waals surface area (Å²) in [4.78, 5) is 65.0. The summed E-state index contributed by atoms with van der Waals surface area (Å²) in [5.41, 5.74) is 0.722. The van der Waals surface area contributed by atoms with Crippen molar-refractivity contribution >= 4 is 29.8 Å². The van der Waals surface area contributed by atoms with E-state index in [1.165, 1.54) is 0 Å². The Balaban J connectivity index is 1.64. The molecule has 2 aliphatic rings. The topological polar surface area (TPSA) is 110 Å². The van der Waals surface area contributed by atoms with Crippen LogP contribution in [0.2, 0.25) is 0 Å². The molecular weight excluding hydrogens is 344 g/mol. The van der Waals surface area contributed by atoms with Gasteiger partial charge >= 0.3 is 12.1 Å². The SMILES string of the molecule is O=C(ON1C(=O)CCC1=O)[C@H]1CCC(=O)N1C(=O)OCc1ccccc1. The van der Waals surface area contributed by atoms with Gasteiger partial charge in [0.1, 0.15) is 12.6 Å². The van der Waals surface area contributed by atoms with Crippen LogP contribution in [0.1, 0.15) is 31.2 Å². The third kappa shape index (κ3) is 3.56. The molecule has 0 saturated carbocycles. The highest BCUT2D eigenvalue weighted by Crippen LogP contribution is 2.23. The molecule has 0 bridgehead atoms. The maximum absolute atomic E-state index is 12.3. The van der Waals surface area contributed by atoms with Gasteiger partial charge in [0, 0.05) is 19.3 Å². The van der Waals surface area contributed by atoms with E-state index in [1.807, 2.05) is 6.07 Å². The molecule has 1 aromatic rings. The quantitative estimate of drug-likeness (QED) is 0.734. The number of hydrogen-bond donors (Lipinski definition) is 0. The smallest absolute Gasteiger partial charge is 0.417 e. The fourth-order valence-corrected chi connectivity index (χ4v) is 2.73. The molecule has 2 heterocycles. The molecular formula is C17H16N2O7. The lowest BCUT2D eigenvalue weighted by atomic mass is 10.2. The van der Waals surface area contributed by atoms with E-state index >= 15 is 0 Å². The largest absolute Gasteiger partial charge is 0.444 e. The van der Waals surface area contributed by atoms with E-state index in [0.29, 0.717) is 9.96 Å². The Bertz CT molecular complexity index is 746. The van der Waals surface area contributed by atoms with Crippen molar-refractivity contribution in [1.29, 1.82) is 0 Å². The van der Waals surface area contributed by atoms with Crippen molar-refractivity contribution in [3.05, 3.63) is 35.9 Å². The fraction of sp³-hybridized carbons (Fsp3) is 0.353. The zero-order valence-electron chi connectivity index (χ0n) is 13.8. The van der Waals surface area contributed by atoms with Gasteiger partial charge in [0.15, 0.2) is 0 Å². The van der Waals surface area contributed by atoms with Gasteiger partial charge in [-0.05, 0) is 12.0 Å². The van der Waals surface area contributed by atoms with Crippen LogP contribution in [0.3, 0.4) is 0 Å². The van der Waals surface area contributed by atoms with Crippen molar-refractivity contribution in [2.75, 3.05) is 0 Å². The summed E-state index contributed by atoms with van der Waals surface area (Å²) in [7, 11) is 0. The van der Waals surface area contributed by atoms with E-state index in [0.717, 1.165) is 5.56 Å². The Morgan fingerprint density at radius 2 is 1.62 bits per heavy atom. The van der Waals surface area contributed by atoms with Crippen molar-refractivity contribution in [2.45, 2.75) is 38.3 Å². The first kappa shape index (κ1) is 17.6. The average Bonchev–Trinajstić information content (AvgIpc) is 3.17. The Hall–Kier alpha value is -3.23. The lowest BCUT2D eigenvalue weighted by Gasteiger charge is -2.22. The summed E-state index contributed by atoms with van der Waals surface area (Å²) in [5, 5.41) is 0.388. The maximum Gasteiger partial charge on any atom is 0.417 e. The Morgan fingerprint density at radius 1 is 0.962 bits per heavy atom. The molecule has 2 fully saturated rings. The molecule has 0 aliphatic carbocycles. The highest BCUT2D eigenvalue weighted by Gasteiger charge is 2.44. The number of carbonyl (C=O) groups is 5. The predicted molar refractivity (Wildman–Crippen MR) is 83.7 cm³/mol. The molecule has 26 heavy (non-hydrogen) atoms. The molecule has 1 aromatic carbocycles. The molecule has 9 nitrogen and oxygen atoms in total. The minimum absolute atomic E-state index is 0.0360. The predicted octanol–water partition coefficient (Wildman–Crippen LogP) is 0.921. The monoisotopic (exact) mass is 360 g/mol. The Labute approximate surface area is 148 Å². The second-order valence-electron chi connectivity index (χ2n) is 5.85. The van der Waals surface area contributed by atoms with Crippen LogP contribution in [-0.2, 0) is 35.4 Å². The van der Waals surface area contributed by atoms with Crippen LogP contribution in [0, 0.1) is 0 Å². The van der Waals surface area contributed by atoms with E-state index < -0.39 is 35.8 Å². The standard InChI is InChI=1S/C17H16N2O7/c20-13-7-6-12(16(23)26-19-14(21)8-9-15(19)22)18(13)17(24)25-10-11-4-2-1-3-5-11/h1-5,12H,6-10H2/t12-/m1/s1. The van der Waals surface area contributed by atoms with Gasteiger partial charge in [-0.1, -0.05) is 30.3 Å². The molecule has 3 rings (SSSR count). The summed E-state index contributed by atoms with van der Waals surface area (Å²) in [6, 6.07) is 7.61. The second kappa shape index (κ2) is 7.34. The van der Waals surface area contributed by atoms with E-state index in [4.69, 9.17) is 9.57 Å². The molecule has 0 aromatic heterocycles. The molecule has 0 unspecified atom stereocenters. The third-order valence-electron chi connectivity index (χ3n) is 4.07. The molecule has 0 spiro atoms. The highest BCUT2D eigenvalue weighted by molar-refractivity contribution is 6.03. The Morgan fingerprint density at radius 3 is 2.27 bits per heavy atom. The molecule has 0 N–H and O–H groups in total. The summed E-state index contributed by atoms with van der Waals surface area (Å²) in [5.74, 6) is -2.86. The van der Waals surface area contributed by atoms with Crippen molar-refractivity contribution in [3.63, 3.8) is 0 Å². The number of benzene rings is 1. The fourth-order valence-electron chi connectivity index (χ4n) is 2.73. The van der Waals surface area contributed by atoms with Gasteiger partial charge in [-0.15, -0.1) is 5.06 Å². The van der Waals surface area contributed by atoms with Crippen LogP contribution in [0.5, 0.6) is 0 Å². The van der Waals surface area contributed by atoms with Crippen LogP contribution >= 0.6 is 0 Å². The van der Waals surface area contributed by atoms with Gasteiger partial charge in [0.25, 0.3) is 11.8 Å². The van der Waals surface area contributed by atoms with Gasteiger partial charge in [-0.2, -0.15) is 0 Å². The molecule has 1 atom stereocenters. The van der Waals surface area contributed by atoms with E-state index in [2.05, 4.69) is 0 Å². The number of hydrogen-bond acceptors (Lipinski definition) is 7. The molecule has 136 valence electrons. The van der Waals surface area contributed by atoms with Crippen LogP contribution in [0.4, 0.5) is 4.79 Å². The maximum atomic E-state index is 12.3. The minimum atomic E-state index is -1.23. The van der Waals surface area contributed by atoms with Crippen molar-refractivity contribution in [1.82, 2.24) is 9.96 Å². The first-order valence-corrected chi connectivity index (χ1v) is 8.07. The van der Waals surface area contributed by atoms with Gasteiger partial charge in [-0.3, -0.25) is 14.4 Å². The first-order chi connectivity index (χ1) is 12.5. The molecule has 9 heteroatoms. The van der Waals surface area contributed by atoms with E-state index in [9.17, 15) is 24.0 Å². The number of rotatable bonds is 4. The van der Waals surface area contributed by atoms with Crippen molar-refractivity contribution < 1.29 is 33.5 Å². The van der Waals surface area contributed by atoms with Gasteiger partial charge < -0.3 is 9.57 Å². The number of nitrogens with zero attached hydrogens (tertiary/aromatic N) is 2. The lowest BCUT2D eigenvalue weighted by molar-refractivity contribution is -0.200. The number of amides is 4.